The predicted octanol–water partition coefficient (Wildman–Crippen LogP) is 3.44. The standard InChI is InChI=1S/C18H26N2/c1-12-10-17(18(19)16-5-3-2-4-15(12)16)20(14-8-9-14)11-13-6-7-13/h2-5,12-14,17-18H,6-11,19H2,1H3. The second-order valence-electron chi connectivity index (χ2n) is 7.23. The highest BCUT2D eigenvalue weighted by Crippen LogP contribution is 2.43. The molecule has 0 aliphatic heterocycles. The van der Waals surface area contributed by atoms with Crippen LogP contribution in [-0.2, 0) is 0 Å². The highest BCUT2D eigenvalue weighted by Gasteiger charge is 2.42. The third-order valence-electron chi connectivity index (χ3n) is 5.50. The van der Waals surface area contributed by atoms with Crippen molar-refractivity contribution in [2.75, 3.05) is 6.54 Å². The second-order valence-corrected chi connectivity index (χ2v) is 7.23. The molecule has 108 valence electrons. The maximum Gasteiger partial charge on any atom is 0.0456 e. The number of fused-ring (bicyclic) bond motifs is 1. The molecule has 2 heteroatoms. The summed E-state index contributed by atoms with van der Waals surface area (Å²) in [6, 6.07) is 10.4. The third-order valence-corrected chi connectivity index (χ3v) is 5.50. The van der Waals surface area contributed by atoms with Crippen LogP contribution in [0, 0.1) is 5.92 Å². The van der Waals surface area contributed by atoms with E-state index in [9.17, 15) is 0 Å². The second kappa shape index (κ2) is 4.85. The van der Waals surface area contributed by atoms with Gasteiger partial charge in [0.05, 0.1) is 0 Å². The van der Waals surface area contributed by atoms with Crippen LogP contribution in [0.3, 0.4) is 0 Å². The highest BCUT2D eigenvalue weighted by molar-refractivity contribution is 5.36. The van der Waals surface area contributed by atoms with Crippen molar-refractivity contribution < 1.29 is 0 Å². The summed E-state index contributed by atoms with van der Waals surface area (Å²) in [5.41, 5.74) is 9.56. The number of hydrogen-bond donors (Lipinski definition) is 1. The first-order chi connectivity index (χ1) is 9.74. The van der Waals surface area contributed by atoms with Gasteiger partial charge in [-0.15, -0.1) is 0 Å². The van der Waals surface area contributed by atoms with Crippen LogP contribution in [-0.4, -0.2) is 23.5 Å². The van der Waals surface area contributed by atoms with Gasteiger partial charge in [0.15, 0.2) is 0 Å². The van der Waals surface area contributed by atoms with Gasteiger partial charge in [-0.25, -0.2) is 0 Å². The SMILES string of the molecule is CC1CC(N(CC2CC2)C2CC2)C(N)c2ccccc21. The predicted molar refractivity (Wildman–Crippen MR) is 82.6 cm³/mol. The molecule has 3 aliphatic rings. The van der Waals surface area contributed by atoms with Gasteiger partial charge in [0.1, 0.15) is 0 Å². The molecule has 3 unspecified atom stereocenters. The van der Waals surface area contributed by atoms with E-state index in [1.807, 2.05) is 0 Å². The van der Waals surface area contributed by atoms with Gasteiger partial charge in [0.25, 0.3) is 0 Å². The van der Waals surface area contributed by atoms with Gasteiger partial charge in [-0.2, -0.15) is 0 Å². The lowest BCUT2D eigenvalue weighted by molar-refractivity contribution is 0.132. The largest absolute Gasteiger partial charge is 0.323 e. The number of benzene rings is 1. The Kier molecular flexibility index (Phi) is 3.12. The Morgan fingerprint density at radius 1 is 1.10 bits per heavy atom. The van der Waals surface area contributed by atoms with Crippen molar-refractivity contribution in [3.63, 3.8) is 0 Å². The van der Waals surface area contributed by atoms with Gasteiger partial charge in [0, 0.05) is 24.7 Å². The number of hydrogen-bond acceptors (Lipinski definition) is 2. The zero-order valence-electron chi connectivity index (χ0n) is 12.5. The van der Waals surface area contributed by atoms with Gasteiger partial charge in [-0.1, -0.05) is 31.2 Å². The summed E-state index contributed by atoms with van der Waals surface area (Å²) in [7, 11) is 0. The Morgan fingerprint density at radius 3 is 2.45 bits per heavy atom. The molecule has 0 radical (unpaired) electrons. The van der Waals surface area contributed by atoms with E-state index in [0.717, 1.165) is 12.0 Å². The molecule has 0 saturated heterocycles. The maximum atomic E-state index is 6.67. The normalized spacial score (nSPS) is 33.2. The average Bonchev–Trinajstić information content (AvgIpc) is 3.34. The summed E-state index contributed by atoms with van der Waals surface area (Å²) in [5, 5.41) is 0. The van der Waals surface area contributed by atoms with Crippen molar-refractivity contribution in [3.8, 4) is 0 Å². The first-order valence-electron chi connectivity index (χ1n) is 8.34. The minimum atomic E-state index is 0.210. The molecule has 1 aromatic carbocycles. The monoisotopic (exact) mass is 270 g/mol. The van der Waals surface area contributed by atoms with E-state index in [1.54, 1.807) is 0 Å². The van der Waals surface area contributed by atoms with E-state index < -0.39 is 0 Å². The number of rotatable bonds is 4. The van der Waals surface area contributed by atoms with Crippen molar-refractivity contribution in [2.24, 2.45) is 11.7 Å². The van der Waals surface area contributed by atoms with E-state index in [-0.39, 0.29) is 6.04 Å². The molecule has 2 saturated carbocycles. The summed E-state index contributed by atoms with van der Waals surface area (Å²) in [4.78, 5) is 2.79. The summed E-state index contributed by atoms with van der Waals surface area (Å²) < 4.78 is 0. The van der Waals surface area contributed by atoms with Crippen molar-refractivity contribution in [2.45, 2.75) is 63.1 Å². The van der Waals surface area contributed by atoms with Crippen LogP contribution in [0.5, 0.6) is 0 Å². The highest BCUT2D eigenvalue weighted by atomic mass is 15.2. The molecule has 2 fully saturated rings. The lowest BCUT2D eigenvalue weighted by Gasteiger charge is -2.42. The molecule has 4 rings (SSSR count). The number of nitrogens with two attached hydrogens (primary N) is 1. The molecule has 1 aromatic rings. The maximum absolute atomic E-state index is 6.67. The fourth-order valence-electron chi connectivity index (χ4n) is 4.01. The molecule has 0 amide bonds. The zero-order valence-corrected chi connectivity index (χ0v) is 12.5. The van der Waals surface area contributed by atoms with Crippen molar-refractivity contribution >= 4 is 0 Å². The van der Waals surface area contributed by atoms with Crippen LogP contribution >= 0.6 is 0 Å². The first-order valence-corrected chi connectivity index (χ1v) is 8.34. The molecule has 2 N–H and O–H groups in total. The Morgan fingerprint density at radius 2 is 1.80 bits per heavy atom. The lowest BCUT2D eigenvalue weighted by atomic mass is 9.77. The van der Waals surface area contributed by atoms with Crippen molar-refractivity contribution in [1.29, 1.82) is 0 Å². The smallest absolute Gasteiger partial charge is 0.0456 e. The van der Waals surface area contributed by atoms with E-state index in [4.69, 9.17) is 5.73 Å². The minimum Gasteiger partial charge on any atom is -0.323 e. The van der Waals surface area contributed by atoms with Crippen LogP contribution < -0.4 is 5.73 Å². The Balaban J connectivity index is 1.61. The summed E-state index contributed by atoms with van der Waals surface area (Å²) in [6.07, 6.45) is 6.91. The minimum absolute atomic E-state index is 0.210. The Labute approximate surface area is 122 Å². The molecule has 3 aliphatic carbocycles. The fraction of sp³-hybridized carbons (Fsp3) is 0.667. The van der Waals surface area contributed by atoms with Gasteiger partial charge >= 0.3 is 0 Å². The summed E-state index contributed by atoms with van der Waals surface area (Å²) in [5.74, 6) is 1.62. The first kappa shape index (κ1) is 12.8. The van der Waals surface area contributed by atoms with Crippen LogP contribution in [0.15, 0.2) is 24.3 Å². The van der Waals surface area contributed by atoms with Crippen LogP contribution in [0.25, 0.3) is 0 Å². The molecule has 0 aromatic heterocycles. The lowest BCUT2D eigenvalue weighted by Crippen LogP contribution is -2.48. The van der Waals surface area contributed by atoms with Crippen LogP contribution in [0.2, 0.25) is 0 Å². The van der Waals surface area contributed by atoms with Crippen LogP contribution in [0.1, 0.15) is 62.1 Å². The fourth-order valence-corrected chi connectivity index (χ4v) is 4.01. The van der Waals surface area contributed by atoms with Crippen molar-refractivity contribution in [1.82, 2.24) is 4.90 Å². The van der Waals surface area contributed by atoms with Gasteiger partial charge < -0.3 is 5.73 Å². The molecule has 2 nitrogen and oxygen atoms in total. The third kappa shape index (κ3) is 2.29. The zero-order chi connectivity index (χ0) is 13.7. The quantitative estimate of drug-likeness (QED) is 0.908. The molecular weight excluding hydrogens is 244 g/mol. The van der Waals surface area contributed by atoms with Gasteiger partial charge in [-0.05, 0) is 55.1 Å². The molecule has 0 spiro atoms. The van der Waals surface area contributed by atoms with E-state index in [2.05, 4.69) is 36.1 Å². The molecular formula is C18H26N2. The van der Waals surface area contributed by atoms with Crippen molar-refractivity contribution in [3.05, 3.63) is 35.4 Å². The molecule has 20 heavy (non-hydrogen) atoms. The summed E-state index contributed by atoms with van der Waals surface area (Å²) >= 11 is 0. The van der Waals surface area contributed by atoms with E-state index in [1.165, 1.54) is 49.8 Å². The molecule has 0 bridgehead atoms. The average molecular weight is 270 g/mol. The summed E-state index contributed by atoms with van der Waals surface area (Å²) in [6.45, 7) is 3.68. The van der Waals surface area contributed by atoms with Gasteiger partial charge in [0.2, 0.25) is 0 Å². The van der Waals surface area contributed by atoms with Gasteiger partial charge in [-0.3, -0.25) is 4.90 Å². The van der Waals surface area contributed by atoms with E-state index >= 15 is 0 Å². The molecule has 0 heterocycles. The van der Waals surface area contributed by atoms with E-state index in [0.29, 0.717) is 12.0 Å². The Hall–Kier alpha value is -0.860. The van der Waals surface area contributed by atoms with Crippen LogP contribution in [0.4, 0.5) is 0 Å². The Bertz CT molecular complexity index is 490. The molecule has 3 atom stereocenters. The number of nitrogens with zero attached hydrogens (tertiary/aromatic N) is 1. The topological polar surface area (TPSA) is 29.3 Å².